The highest BCUT2D eigenvalue weighted by Gasteiger charge is 2.28. The fraction of sp³-hybridized carbons (Fsp3) is 0.176. The number of halogens is 3. The molecule has 3 aromatic heterocycles. The second kappa shape index (κ2) is 8.12. The molecular weight excluding hydrogens is 383 g/mol. The van der Waals surface area contributed by atoms with Crippen molar-refractivity contribution in [3.05, 3.63) is 59.4 Å². The number of carbonyl (C=O) groups is 1. The monoisotopic (exact) mass is 395 g/mol. The fourth-order valence-electron chi connectivity index (χ4n) is 1.95. The molecule has 6 nitrogen and oxygen atoms in total. The second-order valence-corrected chi connectivity index (χ2v) is 6.08. The van der Waals surface area contributed by atoms with Crippen molar-refractivity contribution < 1.29 is 27.4 Å². The van der Waals surface area contributed by atoms with Crippen molar-refractivity contribution in [2.75, 3.05) is 6.61 Å². The van der Waals surface area contributed by atoms with Crippen LogP contribution in [0.15, 0.2) is 48.1 Å². The third-order valence-corrected chi connectivity index (χ3v) is 4.06. The van der Waals surface area contributed by atoms with Crippen LogP contribution in [0.5, 0.6) is 5.88 Å². The first-order valence-electron chi connectivity index (χ1n) is 7.59. The largest absolute Gasteiger partial charge is 0.468 e. The van der Waals surface area contributed by atoms with E-state index in [0.29, 0.717) is 10.7 Å². The fourth-order valence-corrected chi connectivity index (χ4v) is 2.73. The van der Waals surface area contributed by atoms with E-state index >= 15 is 0 Å². The summed E-state index contributed by atoms with van der Waals surface area (Å²) in [5.74, 6) is -0.902. The van der Waals surface area contributed by atoms with Crippen LogP contribution in [-0.2, 0) is 11.3 Å². The van der Waals surface area contributed by atoms with Gasteiger partial charge in [-0.3, -0.25) is 4.98 Å². The molecule has 0 N–H and O–H groups in total. The highest BCUT2D eigenvalue weighted by molar-refractivity contribution is 7.13. The van der Waals surface area contributed by atoms with Crippen LogP contribution < -0.4 is 4.74 Å². The molecule has 10 heteroatoms. The minimum Gasteiger partial charge on any atom is -0.468 e. The maximum Gasteiger partial charge on any atom is 0.422 e. The summed E-state index contributed by atoms with van der Waals surface area (Å²) in [7, 11) is 0. The van der Waals surface area contributed by atoms with Crippen LogP contribution >= 0.6 is 11.3 Å². The van der Waals surface area contributed by atoms with E-state index in [4.69, 9.17) is 4.74 Å². The molecular formula is C17H12F3N3O3S. The van der Waals surface area contributed by atoms with Crippen LogP contribution in [0.3, 0.4) is 0 Å². The Morgan fingerprint density at radius 1 is 1.15 bits per heavy atom. The number of carbonyl (C=O) groups excluding carboxylic acids is 1. The van der Waals surface area contributed by atoms with Crippen molar-refractivity contribution in [1.82, 2.24) is 15.0 Å². The number of hydrogen-bond donors (Lipinski definition) is 0. The van der Waals surface area contributed by atoms with E-state index in [0.717, 1.165) is 11.9 Å². The Bertz CT molecular complexity index is 899. The third-order valence-electron chi connectivity index (χ3n) is 3.14. The summed E-state index contributed by atoms with van der Waals surface area (Å²) in [4.78, 5) is 24.2. The van der Waals surface area contributed by atoms with Crippen molar-refractivity contribution >= 4 is 17.3 Å². The van der Waals surface area contributed by atoms with Crippen LogP contribution in [0.1, 0.15) is 16.1 Å². The molecule has 0 saturated heterocycles. The standard InChI is InChI=1S/C17H12F3N3O3S/c18-17(19,20)10-26-14-5-4-11(7-22-14)16(24)25-8-12-9-27-15(23-12)13-3-1-2-6-21-13/h1-7,9H,8,10H2. The van der Waals surface area contributed by atoms with Gasteiger partial charge >= 0.3 is 12.1 Å². The number of pyridine rings is 2. The lowest BCUT2D eigenvalue weighted by Crippen LogP contribution is -2.19. The van der Waals surface area contributed by atoms with Gasteiger partial charge in [0.25, 0.3) is 0 Å². The summed E-state index contributed by atoms with van der Waals surface area (Å²) in [5.41, 5.74) is 1.38. The topological polar surface area (TPSA) is 74.2 Å². The molecule has 0 aliphatic heterocycles. The van der Waals surface area contributed by atoms with Gasteiger partial charge in [-0.15, -0.1) is 11.3 Å². The molecule has 0 bridgehead atoms. The lowest BCUT2D eigenvalue weighted by Gasteiger charge is -2.08. The molecule has 0 unspecified atom stereocenters. The smallest absolute Gasteiger partial charge is 0.422 e. The maximum atomic E-state index is 12.1. The third kappa shape index (κ3) is 5.48. The summed E-state index contributed by atoms with van der Waals surface area (Å²) in [5, 5.41) is 2.46. The number of thiazole rings is 1. The molecule has 0 atom stereocenters. The van der Waals surface area contributed by atoms with E-state index in [1.165, 1.54) is 23.5 Å². The summed E-state index contributed by atoms with van der Waals surface area (Å²) in [6.07, 6.45) is -1.71. The molecule has 0 aliphatic rings. The first-order valence-corrected chi connectivity index (χ1v) is 8.47. The van der Waals surface area contributed by atoms with Crippen LogP contribution in [-0.4, -0.2) is 33.7 Å². The molecule has 0 amide bonds. The average Bonchev–Trinajstić information content (AvgIpc) is 3.14. The van der Waals surface area contributed by atoms with Gasteiger partial charge in [0.2, 0.25) is 5.88 Å². The number of ether oxygens (including phenoxy) is 2. The Kier molecular flexibility index (Phi) is 5.65. The molecule has 0 aromatic carbocycles. The first-order chi connectivity index (χ1) is 12.9. The molecule has 0 aliphatic carbocycles. The Hall–Kier alpha value is -3.01. The zero-order valence-electron chi connectivity index (χ0n) is 13.6. The number of hydrogen-bond acceptors (Lipinski definition) is 7. The second-order valence-electron chi connectivity index (χ2n) is 5.22. The van der Waals surface area contributed by atoms with E-state index in [-0.39, 0.29) is 18.1 Å². The summed E-state index contributed by atoms with van der Waals surface area (Å²) in [6.45, 7) is -1.50. The number of nitrogens with zero attached hydrogens (tertiary/aromatic N) is 3. The van der Waals surface area contributed by atoms with Crippen LogP contribution in [0.25, 0.3) is 10.7 Å². The van der Waals surface area contributed by atoms with E-state index in [1.54, 1.807) is 17.6 Å². The van der Waals surface area contributed by atoms with E-state index < -0.39 is 18.8 Å². The molecule has 0 spiro atoms. The molecule has 3 aromatic rings. The van der Waals surface area contributed by atoms with Gasteiger partial charge in [-0.1, -0.05) is 6.07 Å². The van der Waals surface area contributed by atoms with Crippen molar-refractivity contribution in [3.63, 3.8) is 0 Å². The van der Waals surface area contributed by atoms with Crippen LogP contribution in [0.4, 0.5) is 13.2 Å². The highest BCUT2D eigenvalue weighted by Crippen LogP contribution is 2.22. The van der Waals surface area contributed by atoms with Crippen molar-refractivity contribution in [2.45, 2.75) is 12.8 Å². The van der Waals surface area contributed by atoms with Crippen LogP contribution in [0.2, 0.25) is 0 Å². The van der Waals surface area contributed by atoms with E-state index in [9.17, 15) is 18.0 Å². The molecule has 0 fully saturated rings. The van der Waals surface area contributed by atoms with Gasteiger partial charge in [0, 0.05) is 23.8 Å². The predicted octanol–water partition coefficient (Wildman–Crippen LogP) is 3.90. The zero-order valence-corrected chi connectivity index (χ0v) is 14.5. The minimum atomic E-state index is -4.46. The number of esters is 1. The SMILES string of the molecule is O=C(OCc1csc(-c2ccccn2)n1)c1ccc(OCC(F)(F)F)nc1. The molecule has 3 rings (SSSR count). The van der Waals surface area contributed by atoms with Gasteiger partial charge in [-0.25, -0.2) is 14.8 Å². The predicted molar refractivity (Wildman–Crippen MR) is 90.3 cm³/mol. The van der Waals surface area contributed by atoms with Gasteiger partial charge in [0.1, 0.15) is 11.6 Å². The highest BCUT2D eigenvalue weighted by atomic mass is 32.1. The Morgan fingerprint density at radius 2 is 2.00 bits per heavy atom. The maximum absolute atomic E-state index is 12.1. The first kappa shape index (κ1) is 18.8. The quantitative estimate of drug-likeness (QED) is 0.590. The Balaban J connectivity index is 1.54. The van der Waals surface area contributed by atoms with Gasteiger partial charge in [-0.05, 0) is 18.2 Å². The molecule has 3 heterocycles. The number of rotatable bonds is 6. The lowest BCUT2D eigenvalue weighted by molar-refractivity contribution is -0.154. The molecule has 0 radical (unpaired) electrons. The van der Waals surface area contributed by atoms with Crippen LogP contribution in [0, 0.1) is 0 Å². The zero-order chi connectivity index (χ0) is 19.3. The van der Waals surface area contributed by atoms with E-state index in [2.05, 4.69) is 19.7 Å². The summed E-state index contributed by atoms with van der Waals surface area (Å²) in [6, 6.07) is 7.92. The number of aromatic nitrogens is 3. The number of alkyl halides is 3. The molecule has 0 saturated carbocycles. The Morgan fingerprint density at radius 3 is 2.67 bits per heavy atom. The van der Waals surface area contributed by atoms with Gasteiger partial charge in [0.15, 0.2) is 6.61 Å². The van der Waals surface area contributed by atoms with Gasteiger partial charge in [-0.2, -0.15) is 13.2 Å². The molecule has 27 heavy (non-hydrogen) atoms. The van der Waals surface area contributed by atoms with E-state index in [1.807, 2.05) is 12.1 Å². The van der Waals surface area contributed by atoms with Gasteiger partial charge in [0.05, 0.1) is 17.0 Å². The Labute approximate surface area is 155 Å². The van der Waals surface area contributed by atoms with Crippen molar-refractivity contribution in [2.24, 2.45) is 0 Å². The summed E-state index contributed by atoms with van der Waals surface area (Å²) < 4.78 is 45.9. The molecule has 140 valence electrons. The van der Waals surface area contributed by atoms with Gasteiger partial charge < -0.3 is 9.47 Å². The van der Waals surface area contributed by atoms with Crippen molar-refractivity contribution in [3.8, 4) is 16.6 Å². The lowest BCUT2D eigenvalue weighted by atomic mass is 10.3. The normalized spacial score (nSPS) is 11.2. The minimum absolute atomic E-state index is 0.0471. The average molecular weight is 395 g/mol. The summed E-state index contributed by atoms with van der Waals surface area (Å²) >= 11 is 1.37. The van der Waals surface area contributed by atoms with Crippen molar-refractivity contribution in [1.29, 1.82) is 0 Å².